The largest absolute Gasteiger partial charge is 0.384 e. The number of nitrogen functional groups attached to an aromatic ring is 1. The van der Waals surface area contributed by atoms with Crippen LogP contribution in [0.15, 0.2) is 36.7 Å². The van der Waals surface area contributed by atoms with Gasteiger partial charge in [-0.1, -0.05) is 12.2 Å². The molecule has 3 N–H and O–H groups in total. The Bertz CT molecular complexity index is 462. The molecule has 0 aromatic carbocycles. The summed E-state index contributed by atoms with van der Waals surface area (Å²) in [7, 11) is 0. The molecule has 2 rings (SSSR count). The summed E-state index contributed by atoms with van der Waals surface area (Å²) in [4.78, 5) is 8.19. The lowest BCUT2D eigenvalue weighted by molar-refractivity contribution is 0.622. The number of nitrogens with zero attached hydrogens (tertiary/aromatic N) is 2. The second-order valence-electron chi connectivity index (χ2n) is 4.14. The minimum absolute atomic E-state index is 0.354. The highest BCUT2D eigenvalue weighted by molar-refractivity contribution is 6.01. The third-order valence-corrected chi connectivity index (χ3v) is 2.82. The molecular formula is C13H16N4. The molecule has 4 nitrogen and oxygen atoms in total. The number of allylic oxidation sites excluding steroid dienone is 4. The summed E-state index contributed by atoms with van der Waals surface area (Å²) < 4.78 is 0. The Hall–Kier alpha value is -1.97. The summed E-state index contributed by atoms with van der Waals surface area (Å²) in [6, 6.07) is 1.84. The third-order valence-electron chi connectivity index (χ3n) is 2.82. The molecule has 1 aromatic rings. The minimum Gasteiger partial charge on any atom is -0.384 e. The third kappa shape index (κ3) is 3.24. The van der Waals surface area contributed by atoms with E-state index < -0.39 is 0 Å². The molecule has 0 bridgehead atoms. The summed E-state index contributed by atoms with van der Waals surface area (Å²) >= 11 is 0. The summed E-state index contributed by atoms with van der Waals surface area (Å²) in [6.07, 6.45) is 12.1. The van der Waals surface area contributed by atoms with E-state index in [0.717, 1.165) is 25.0 Å². The van der Waals surface area contributed by atoms with Crippen molar-refractivity contribution in [1.29, 1.82) is 5.41 Å². The Morgan fingerprint density at radius 3 is 2.88 bits per heavy atom. The van der Waals surface area contributed by atoms with Gasteiger partial charge in [0.1, 0.15) is 12.1 Å². The van der Waals surface area contributed by atoms with Crippen LogP contribution in [0.25, 0.3) is 0 Å². The lowest BCUT2D eigenvalue weighted by Crippen LogP contribution is -2.03. The monoisotopic (exact) mass is 228 g/mol. The summed E-state index contributed by atoms with van der Waals surface area (Å²) in [5, 5.41) is 7.61. The standard InChI is InChI=1S/C13H16N4/c14-11-6-2-1-4-10(5-3-7-11)12-8-13(15)17-9-16-12/h2-3,6-10,14H,1,4-5H2,(H2,15,16,17)/b6-2-,7-3-,14-11?. The number of nitrogens with one attached hydrogen (secondary N) is 1. The Kier molecular flexibility index (Phi) is 3.65. The van der Waals surface area contributed by atoms with Crippen molar-refractivity contribution in [1.82, 2.24) is 9.97 Å². The van der Waals surface area contributed by atoms with Crippen LogP contribution in [0.5, 0.6) is 0 Å². The van der Waals surface area contributed by atoms with Crippen molar-refractivity contribution in [2.24, 2.45) is 0 Å². The smallest absolute Gasteiger partial charge is 0.127 e. The number of hydrogen-bond acceptors (Lipinski definition) is 4. The van der Waals surface area contributed by atoms with Crippen LogP contribution in [0.2, 0.25) is 0 Å². The second kappa shape index (κ2) is 5.39. The molecule has 0 amide bonds. The Morgan fingerprint density at radius 1 is 1.24 bits per heavy atom. The van der Waals surface area contributed by atoms with Gasteiger partial charge >= 0.3 is 0 Å². The van der Waals surface area contributed by atoms with Crippen LogP contribution in [0.3, 0.4) is 0 Å². The number of aromatic nitrogens is 2. The lowest BCUT2D eigenvalue weighted by Gasteiger charge is -2.13. The van der Waals surface area contributed by atoms with E-state index >= 15 is 0 Å². The molecule has 1 unspecified atom stereocenters. The SMILES string of the molecule is N=C1/C=C\CCC(c2cc(N)ncn2)C/C=C\1. The van der Waals surface area contributed by atoms with Crippen molar-refractivity contribution in [3.05, 3.63) is 42.4 Å². The molecule has 0 saturated carbocycles. The van der Waals surface area contributed by atoms with Crippen molar-refractivity contribution in [2.75, 3.05) is 5.73 Å². The summed E-state index contributed by atoms with van der Waals surface area (Å²) in [6.45, 7) is 0. The molecule has 0 radical (unpaired) electrons. The average Bonchev–Trinajstić information content (AvgIpc) is 2.41. The van der Waals surface area contributed by atoms with Crippen LogP contribution in [0.1, 0.15) is 30.9 Å². The fraction of sp³-hybridized carbons (Fsp3) is 0.308. The molecule has 88 valence electrons. The van der Waals surface area contributed by atoms with Crippen LogP contribution < -0.4 is 5.73 Å². The number of hydrogen-bond donors (Lipinski definition) is 2. The summed E-state index contributed by atoms with van der Waals surface area (Å²) in [5.74, 6) is 0.870. The summed E-state index contributed by atoms with van der Waals surface area (Å²) in [5.41, 5.74) is 7.21. The van der Waals surface area contributed by atoms with E-state index in [1.807, 2.05) is 30.4 Å². The molecule has 1 aliphatic carbocycles. The Labute approximate surface area is 101 Å². The predicted octanol–water partition coefficient (Wildman–Crippen LogP) is 2.46. The van der Waals surface area contributed by atoms with Gasteiger partial charge < -0.3 is 11.1 Å². The van der Waals surface area contributed by atoms with Crippen molar-refractivity contribution in [3.8, 4) is 0 Å². The number of nitrogens with two attached hydrogens (primary N) is 1. The zero-order valence-electron chi connectivity index (χ0n) is 9.63. The average molecular weight is 228 g/mol. The first-order chi connectivity index (χ1) is 8.25. The van der Waals surface area contributed by atoms with Gasteiger partial charge in [0.15, 0.2) is 0 Å². The maximum absolute atomic E-state index is 7.61. The molecule has 4 heteroatoms. The molecule has 1 aromatic heterocycles. The van der Waals surface area contributed by atoms with E-state index in [2.05, 4.69) is 9.97 Å². The first-order valence-corrected chi connectivity index (χ1v) is 5.75. The minimum atomic E-state index is 0.354. The highest BCUT2D eigenvalue weighted by atomic mass is 14.9. The van der Waals surface area contributed by atoms with Crippen LogP contribution in [0.4, 0.5) is 5.82 Å². The first kappa shape index (κ1) is 11.5. The molecule has 0 fully saturated rings. The van der Waals surface area contributed by atoms with Crippen molar-refractivity contribution < 1.29 is 0 Å². The van der Waals surface area contributed by atoms with Crippen LogP contribution in [-0.2, 0) is 0 Å². The molecule has 1 atom stereocenters. The molecule has 0 aliphatic heterocycles. The van der Waals surface area contributed by atoms with Crippen molar-refractivity contribution in [3.63, 3.8) is 0 Å². The topological polar surface area (TPSA) is 75.7 Å². The van der Waals surface area contributed by atoms with E-state index in [-0.39, 0.29) is 0 Å². The van der Waals surface area contributed by atoms with Gasteiger partial charge in [0.2, 0.25) is 0 Å². The van der Waals surface area contributed by atoms with Gasteiger partial charge in [0.05, 0.1) is 5.71 Å². The fourth-order valence-electron chi connectivity index (χ4n) is 1.92. The molecule has 1 heterocycles. The number of anilines is 1. The fourth-order valence-corrected chi connectivity index (χ4v) is 1.92. The zero-order chi connectivity index (χ0) is 12.1. The molecule has 0 spiro atoms. The van der Waals surface area contributed by atoms with E-state index in [0.29, 0.717) is 17.4 Å². The van der Waals surface area contributed by atoms with Crippen LogP contribution >= 0.6 is 0 Å². The first-order valence-electron chi connectivity index (χ1n) is 5.75. The van der Waals surface area contributed by atoms with Gasteiger partial charge in [0, 0.05) is 17.7 Å². The van der Waals surface area contributed by atoms with E-state index in [9.17, 15) is 0 Å². The van der Waals surface area contributed by atoms with E-state index in [1.54, 1.807) is 0 Å². The predicted molar refractivity (Wildman–Crippen MR) is 69.0 cm³/mol. The highest BCUT2D eigenvalue weighted by Crippen LogP contribution is 2.25. The maximum atomic E-state index is 7.61. The molecule has 0 saturated heterocycles. The highest BCUT2D eigenvalue weighted by Gasteiger charge is 2.12. The molecular weight excluding hydrogens is 212 g/mol. The van der Waals surface area contributed by atoms with E-state index in [1.165, 1.54) is 6.33 Å². The van der Waals surface area contributed by atoms with Gasteiger partial charge in [-0.2, -0.15) is 0 Å². The van der Waals surface area contributed by atoms with Crippen molar-refractivity contribution >= 4 is 11.5 Å². The molecule has 1 aliphatic rings. The van der Waals surface area contributed by atoms with Gasteiger partial charge in [-0.15, -0.1) is 0 Å². The maximum Gasteiger partial charge on any atom is 0.127 e. The Balaban J connectivity index is 2.17. The molecule has 17 heavy (non-hydrogen) atoms. The van der Waals surface area contributed by atoms with Crippen LogP contribution in [0, 0.1) is 5.41 Å². The van der Waals surface area contributed by atoms with Gasteiger partial charge in [0.25, 0.3) is 0 Å². The normalized spacial score (nSPS) is 24.5. The van der Waals surface area contributed by atoms with Crippen LogP contribution in [-0.4, -0.2) is 15.7 Å². The number of rotatable bonds is 1. The van der Waals surface area contributed by atoms with Gasteiger partial charge in [-0.3, -0.25) is 0 Å². The van der Waals surface area contributed by atoms with Crippen molar-refractivity contribution in [2.45, 2.75) is 25.2 Å². The van der Waals surface area contributed by atoms with Gasteiger partial charge in [-0.05, 0) is 31.4 Å². The quantitative estimate of drug-likeness (QED) is 0.775. The lowest BCUT2D eigenvalue weighted by atomic mass is 9.95. The Morgan fingerprint density at radius 2 is 2.06 bits per heavy atom. The zero-order valence-corrected chi connectivity index (χ0v) is 9.63. The van der Waals surface area contributed by atoms with Gasteiger partial charge in [-0.25, -0.2) is 9.97 Å². The second-order valence-corrected chi connectivity index (χ2v) is 4.14. The van der Waals surface area contributed by atoms with E-state index in [4.69, 9.17) is 11.1 Å².